The summed E-state index contributed by atoms with van der Waals surface area (Å²) in [5, 5.41) is 11.2. The van der Waals surface area contributed by atoms with Crippen molar-refractivity contribution in [1.82, 2.24) is 5.32 Å². The number of esters is 1. The van der Waals surface area contributed by atoms with Crippen LogP contribution < -0.4 is 5.32 Å². The second-order valence-electron chi connectivity index (χ2n) is 7.59. The highest BCUT2D eigenvalue weighted by Gasteiger charge is 2.24. The van der Waals surface area contributed by atoms with E-state index in [4.69, 9.17) is 5.11 Å². The van der Waals surface area contributed by atoms with E-state index in [1.54, 1.807) is 0 Å². The van der Waals surface area contributed by atoms with E-state index in [-0.39, 0.29) is 5.91 Å². The van der Waals surface area contributed by atoms with Gasteiger partial charge in [-0.3, -0.25) is 9.59 Å². The van der Waals surface area contributed by atoms with Crippen molar-refractivity contribution in [3.05, 3.63) is 0 Å². The molecule has 0 aliphatic carbocycles. The molecule has 6 heteroatoms. The summed E-state index contributed by atoms with van der Waals surface area (Å²) in [4.78, 5) is 34.1. The lowest BCUT2D eigenvalue weighted by Crippen LogP contribution is -2.42. The van der Waals surface area contributed by atoms with E-state index in [1.165, 1.54) is 77.7 Å². The van der Waals surface area contributed by atoms with Gasteiger partial charge in [-0.1, -0.05) is 90.4 Å². The van der Waals surface area contributed by atoms with Gasteiger partial charge in [-0.05, 0) is 6.42 Å². The summed E-state index contributed by atoms with van der Waals surface area (Å²) in [6.07, 6.45) is 17.3. The van der Waals surface area contributed by atoms with Gasteiger partial charge in [0.05, 0.1) is 13.5 Å². The van der Waals surface area contributed by atoms with E-state index in [0.717, 1.165) is 19.3 Å². The molecule has 0 saturated carbocycles. The van der Waals surface area contributed by atoms with E-state index in [9.17, 15) is 14.4 Å². The van der Waals surface area contributed by atoms with Crippen LogP contribution in [0, 0.1) is 0 Å². The van der Waals surface area contributed by atoms with Gasteiger partial charge in [0.15, 0.2) is 0 Å². The molecule has 0 heterocycles. The summed E-state index contributed by atoms with van der Waals surface area (Å²) in [6, 6.07) is -1.11. The van der Waals surface area contributed by atoms with E-state index >= 15 is 0 Å². The van der Waals surface area contributed by atoms with Crippen LogP contribution in [-0.2, 0) is 19.1 Å². The lowest BCUT2D eigenvalue weighted by molar-refractivity contribution is -0.149. The lowest BCUT2D eigenvalue weighted by Gasteiger charge is -2.14. The summed E-state index contributed by atoms with van der Waals surface area (Å²) in [5.74, 6) is -2.17. The monoisotopic (exact) mass is 399 g/mol. The van der Waals surface area contributed by atoms with Crippen molar-refractivity contribution in [2.45, 2.75) is 116 Å². The lowest BCUT2D eigenvalue weighted by atomic mass is 10.0. The highest BCUT2D eigenvalue weighted by molar-refractivity contribution is 5.87. The largest absolute Gasteiger partial charge is 0.481 e. The number of carboxylic acids is 1. The molecule has 0 saturated heterocycles. The molecule has 1 atom stereocenters. The number of methoxy groups -OCH3 is 1. The molecule has 1 amide bonds. The predicted molar refractivity (Wildman–Crippen MR) is 111 cm³/mol. The number of hydrogen-bond donors (Lipinski definition) is 2. The Bertz CT molecular complexity index is 425. The standard InChI is InChI=1S/C22H41NO5/c1-3-4-5-6-7-8-9-10-11-12-13-14-15-16-17-20(24)23-19(18-21(25)26)22(27)28-2/h19H,3-18H2,1-2H3,(H,23,24)(H,25,26)/t19-/m0/s1. The third kappa shape index (κ3) is 16.6. The molecule has 0 bridgehead atoms. The van der Waals surface area contributed by atoms with E-state index in [1.807, 2.05) is 0 Å². The first-order chi connectivity index (χ1) is 13.5. The molecule has 2 N–H and O–H groups in total. The highest BCUT2D eigenvalue weighted by Crippen LogP contribution is 2.13. The van der Waals surface area contributed by atoms with Crippen molar-refractivity contribution in [3.8, 4) is 0 Å². The molecule has 0 aromatic rings. The van der Waals surface area contributed by atoms with Crippen LogP contribution in [0.1, 0.15) is 110 Å². The van der Waals surface area contributed by atoms with Gasteiger partial charge < -0.3 is 15.2 Å². The third-order valence-corrected chi connectivity index (χ3v) is 4.96. The van der Waals surface area contributed by atoms with Crippen LogP contribution in [-0.4, -0.2) is 36.1 Å². The van der Waals surface area contributed by atoms with Crippen LogP contribution in [0.25, 0.3) is 0 Å². The average molecular weight is 400 g/mol. The molecule has 164 valence electrons. The Morgan fingerprint density at radius 2 is 1.21 bits per heavy atom. The smallest absolute Gasteiger partial charge is 0.328 e. The minimum atomic E-state index is -1.15. The zero-order valence-corrected chi connectivity index (χ0v) is 18.0. The van der Waals surface area contributed by atoms with Gasteiger partial charge in [-0.25, -0.2) is 4.79 Å². The van der Waals surface area contributed by atoms with Gasteiger partial charge in [0.25, 0.3) is 0 Å². The number of carbonyl (C=O) groups excluding carboxylic acids is 2. The first-order valence-electron chi connectivity index (χ1n) is 11.1. The first-order valence-corrected chi connectivity index (χ1v) is 11.1. The summed E-state index contributed by atoms with van der Waals surface area (Å²) in [5.41, 5.74) is 0. The van der Waals surface area contributed by atoms with Crippen LogP contribution in [0.2, 0.25) is 0 Å². The quantitative estimate of drug-likeness (QED) is 0.236. The maximum Gasteiger partial charge on any atom is 0.328 e. The number of aliphatic carboxylic acids is 1. The molecule has 0 spiro atoms. The molecular formula is C22H41NO5. The minimum Gasteiger partial charge on any atom is -0.481 e. The van der Waals surface area contributed by atoms with Crippen molar-refractivity contribution >= 4 is 17.8 Å². The van der Waals surface area contributed by atoms with Gasteiger partial charge in [0, 0.05) is 6.42 Å². The maximum absolute atomic E-state index is 11.9. The average Bonchev–Trinajstić information content (AvgIpc) is 2.66. The Hall–Kier alpha value is -1.59. The van der Waals surface area contributed by atoms with Crippen LogP contribution >= 0.6 is 0 Å². The van der Waals surface area contributed by atoms with Crippen molar-refractivity contribution < 1.29 is 24.2 Å². The molecule has 6 nitrogen and oxygen atoms in total. The highest BCUT2D eigenvalue weighted by atomic mass is 16.5. The molecule has 0 rings (SSSR count). The van der Waals surface area contributed by atoms with E-state index in [0.29, 0.717) is 6.42 Å². The molecule has 0 fully saturated rings. The van der Waals surface area contributed by atoms with Crippen LogP contribution in [0.3, 0.4) is 0 Å². The second kappa shape index (κ2) is 18.8. The summed E-state index contributed by atoms with van der Waals surface area (Å²) in [6.45, 7) is 2.25. The summed E-state index contributed by atoms with van der Waals surface area (Å²) in [7, 11) is 1.18. The fourth-order valence-corrected chi connectivity index (χ4v) is 3.26. The molecule has 0 aromatic carbocycles. The molecule has 0 aromatic heterocycles. The number of amides is 1. The number of carboxylic acid groups (broad SMARTS) is 1. The molecule has 28 heavy (non-hydrogen) atoms. The van der Waals surface area contributed by atoms with E-state index < -0.39 is 24.4 Å². The van der Waals surface area contributed by atoms with Gasteiger partial charge in [0.1, 0.15) is 6.04 Å². The number of rotatable bonds is 19. The summed E-state index contributed by atoms with van der Waals surface area (Å²) >= 11 is 0. The van der Waals surface area contributed by atoms with Gasteiger partial charge >= 0.3 is 11.9 Å². The number of carbonyl (C=O) groups is 3. The number of nitrogens with one attached hydrogen (secondary N) is 1. The van der Waals surface area contributed by atoms with Crippen molar-refractivity contribution in [3.63, 3.8) is 0 Å². The Balaban J connectivity index is 3.53. The SMILES string of the molecule is CCCCCCCCCCCCCCCCC(=O)N[C@@H](CC(=O)O)C(=O)OC. The number of ether oxygens (including phenoxy) is 1. The van der Waals surface area contributed by atoms with Crippen molar-refractivity contribution in [2.24, 2.45) is 0 Å². The second-order valence-corrected chi connectivity index (χ2v) is 7.59. The van der Waals surface area contributed by atoms with Gasteiger partial charge in [0.2, 0.25) is 5.91 Å². The van der Waals surface area contributed by atoms with E-state index in [2.05, 4.69) is 17.0 Å². The Morgan fingerprint density at radius 3 is 1.61 bits per heavy atom. The van der Waals surface area contributed by atoms with Crippen LogP contribution in [0.5, 0.6) is 0 Å². The Kier molecular flexibility index (Phi) is 17.7. The van der Waals surface area contributed by atoms with Crippen LogP contribution in [0.15, 0.2) is 0 Å². The normalized spacial score (nSPS) is 11.8. The Morgan fingerprint density at radius 1 is 0.786 bits per heavy atom. The van der Waals surface area contributed by atoms with Crippen LogP contribution in [0.4, 0.5) is 0 Å². The topological polar surface area (TPSA) is 92.7 Å². The molecule has 0 radical (unpaired) electrons. The van der Waals surface area contributed by atoms with Gasteiger partial charge in [-0.15, -0.1) is 0 Å². The number of hydrogen-bond acceptors (Lipinski definition) is 4. The molecule has 0 unspecified atom stereocenters. The zero-order chi connectivity index (χ0) is 21.0. The Labute approximate surface area is 170 Å². The molecule has 0 aliphatic heterocycles. The fraction of sp³-hybridized carbons (Fsp3) is 0.864. The predicted octanol–water partition coefficient (Wildman–Crippen LogP) is 4.99. The van der Waals surface area contributed by atoms with Crippen molar-refractivity contribution in [2.75, 3.05) is 7.11 Å². The molecular weight excluding hydrogens is 358 g/mol. The fourth-order valence-electron chi connectivity index (χ4n) is 3.26. The third-order valence-electron chi connectivity index (χ3n) is 4.96. The minimum absolute atomic E-state index is 0.296. The first kappa shape index (κ1) is 26.4. The van der Waals surface area contributed by atoms with Gasteiger partial charge in [-0.2, -0.15) is 0 Å². The zero-order valence-electron chi connectivity index (χ0n) is 18.0. The molecule has 0 aliphatic rings. The number of unbranched alkanes of at least 4 members (excludes halogenated alkanes) is 13. The summed E-state index contributed by atoms with van der Waals surface area (Å²) < 4.78 is 4.52. The maximum atomic E-state index is 11.9. The van der Waals surface area contributed by atoms with Crippen molar-refractivity contribution in [1.29, 1.82) is 0 Å².